The molecule has 18 heteroatoms. The van der Waals surface area contributed by atoms with Gasteiger partial charge < -0.3 is 29.2 Å². The molecule has 1 aromatic heterocycles. The fourth-order valence-corrected chi connectivity index (χ4v) is 9.71. The first-order valence-corrected chi connectivity index (χ1v) is 23.3. The van der Waals surface area contributed by atoms with Crippen LogP contribution in [0.25, 0.3) is 11.3 Å². The van der Waals surface area contributed by atoms with E-state index in [0.29, 0.717) is 30.5 Å². The number of ether oxygens (including phenoxy) is 2. The van der Waals surface area contributed by atoms with Crippen LogP contribution in [0.3, 0.4) is 0 Å². The summed E-state index contributed by atoms with van der Waals surface area (Å²) in [6, 6.07) is 15.3. The lowest BCUT2D eigenvalue weighted by atomic mass is 9.81. The second kappa shape index (κ2) is 21.1. The summed E-state index contributed by atoms with van der Waals surface area (Å²) in [5.41, 5.74) is 1.09. The van der Waals surface area contributed by atoms with Crippen molar-refractivity contribution in [2.24, 2.45) is 18.9 Å². The number of carbonyl (C=O) groups excluding carboxylic acids is 4. The van der Waals surface area contributed by atoms with Gasteiger partial charge in [0.05, 0.1) is 61.4 Å². The molecule has 3 fully saturated rings. The van der Waals surface area contributed by atoms with Crippen LogP contribution in [0.15, 0.2) is 66.9 Å². The number of carbonyl (C=O) groups is 4. The number of rotatable bonds is 13. The number of hydrogen-bond acceptors (Lipinski definition) is 8. The average Bonchev–Trinajstić information content (AvgIpc) is 3.60. The van der Waals surface area contributed by atoms with Crippen LogP contribution >= 0.6 is 23.2 Å². The van der Waals surface area contributed by atoms with E-state index in [1.807, 2.05) is 23.7 Å². The van der Waals surface area contributed by atoms with Crippen molar-refractivity contribution in [3.05, 3.63) is 99.7 Å². The molecule has 0 unspecified atom stereocenters. The standard InChI is InChI=1S/C49H56Cl2F4N6O6/c1-30-42(62)19-34(28-66-4)46(64)57-48(23-31-9-13-35(50)14-10-31)17-6-18-60(29-48)47(65)33(24-49(53,54)55)20-45(63)61(30)26-39-40(52)21-36(51)22-43(39)67-38-15-11-32(12-16-38)41-25-56-44(59(41)3)27-58(2)37-7-5-8-37/h9-16,21-22,25,30,33-34,37H,5-8,17-20,23-24,26-29H2,1-4H3,(H,57,64)/t30-,33-,34-,48+/m0/s1. The Morgan fingerprint density at radius 1 is 0.955 bits per heavy atom. The number of nitrogens with zero attached hydrogens (tertiary/aromatic N) is 5. The van der Waals surface area contributed by atoms with E-state index in [9.17, 15) is 32.3 Å². The predicted octanol–water partition coefficient (Wildman–Crippen LogP) is 8.94. The van der Waals surface area contributed by atoms with Gasteiger partial charge in [0.25, 0.3) is 0 Å². The number of piperidine rings is 1. The van der Waals surface area contributed by atoms with Crippen LogP contribution in [0.4, 0.5) is 17.6 Å². The monoisotopic (exact) mass is 970 g/mol. The van der Waals surface area contributed by atoms with E-state index in [1.165, 1.54) is 44.3 Å². The van der Waals surface area contributed by atoms with E-state index < -0.39 is 84.7 Å². The smallest absolute Gasteiger partial charge is 0.389 e. The Balaban J connectivity index is 1.19. The first-order chi connectivity index (χ1) is 31.8. The third kappa shape index (κ3) is 12.2. The number of fused-ring (bicyclic) bond motifs is 2. The highest BCUT2D eigenvalue weighted by Crippen LogP contribution is 2.37. The molecule has 2 saturated heterocycles. The molecule has 2 aliphatic heterocycles. The Morgan fingerprint density at radius 2 is 1.67 bits per heavy atom. The van der Waals surface area contributed by atoms with Crippen molar-refractivity contribution in [1.29, 1.82) is 0 Å². The molecule has 12 nitrogen and oxygen atoms in total. The molecule has 2 bridgehead atoms. The highest BCUT2D eigenvalue weighted by molar-refractivity contribution is 6.31. The minimum atomic E-state index is -4.86. The Morgan fingerprint density at radius 3 is 2.33 bits per heavy atom. The van der Waals surface area contributed by atoms with Gasteiger partial charge in [-0.25, -0.2) is 9.37 Å². The van der Waals surface area contributed by atoms with Crippen LogP contribution in [0.1, 0.15) is 75.2 Å². The van der Waals surface area contributed by atoms with E-state index in [2.05, 4.69) is 22.2 Å². The molecule has 3 aromatic carbocycles. The fourth-order valence-electron chi connectivity index (χ4n) is 9.39. The highest BCUT2D eigenvalue weighted by atomic mass is 35.5. The van der Waals surface area contributed by atoms with Gasteiger partial charge in [-0.1, -0.05) is 41.8 Å². The molecule has 1 aliphatic carbocycles. The van der Waals surface area contributed by atoms with Crippen LogP contribution in [-0.4, -0.2) is 105 Å². The number of imidazole rings is 1. The molecular formula is C49H56Cl2F4N6O6. The third-order valence-corrected chi connectivity index (χ3v) is 13.9. The molecule has 1 saturated carbocycles. The Labute approximate surface area is 397 Å². The molecule has 360 valence electrons. The molecule has 0 spiro atoms. The van der Waals surface area contributed by atoms with Gasteiger partial charge in [0, 0.05) is 67.3 Å². The fraction of sp³-hybridized carbons (Fsp3) is 0.490. The van der Waals surface area contributed by atoms with Gasteiger partial charge in [-0.3, -0.25) is 24.1 Å². The number of benzene rings is 3. The summed E-state index contributed by atoms with van der Waals surface area (Å²) < 4.78 is 72.9. The van der Waals surface area contributed by atoms with E-state index in [1.54, 1.807) is 42.6 Å². The zero-order valence-corrected chi connectivity index (χ0v) is 39.5. The first-order valence-electron chi connectivity index (χ1n) is 22.5. The van der Waals surface area contributed by atoms with Crippen LogP contribution in [0.5, 0.6) is 11.5 Å². The van der Waals surface area contributed by atoms with Crippen molar-refractivity contribution in [3.8, 4) is 22.8 Å². The van der Waals surface area contributed by atoms with Crippen molar-refractivity contribution in [2.45, 2.75) is 102 Å². The lowest BCUT2D eigenvalue weighted by molar-refractivity contribution is -0.164. The van der Waals surface area contributed by atoms with Gasteiger partial charge in [0.15, 0.2) is 5.78 Å². The van der Waals surface area contributed by atoms with Gasteiger partial charge in [-0.2, -0.15) is 13.2 Å². The van der Waals surface area contributed by atoms with Gasteiger partial charge >= 0.3 is 6.18 Å². The Kier molecular flexibility index (Phi) is 15.7. The zero-order valence-electron chi connectivity index (χ0n) is 38.0. The number of amides is 3. The minimum Gasteiger partial charge on any atom is -0.457 e. The van der Waals surface area contributed by atoms with E-state index >= 15 is 4.39 Å². The number of Topliss-reactive ketones (excluding diaryl/α,β-unsaturated/α-hetero) is 1. The van der Waals surface area contributed by atoms with Gasteiger partial charge in [0.1, 0.15) is 23.1 Å². The molecule has 3 aliphatic rings. The molecule has 7 rings (SSSR count). The number of nitrogens with one attached hydrogen (secondary N) is 1. The zero-order chi connectivity index (χ0) is 48.2. The van der Waals surface area contributed by atoms with Crippen LogP contribution in [-0.2, 0) is 50.5 Å². The number of aromatic nitrogens is 2. The summed E-state index contributed by atoms with van der Waals surface area (Å²) in [5.74, 6) is -5.95. The molecule has 67 heavy (non-hydrogen) atoms. The summed E-state index contributed by atoms with van der Waals surface area (Å²) in [6.45, 7) is 1.14. The van der Waals surface area contributed by atoms with Crippen molar-refractivity contribution >= 4 is 46.7 Å². The number of ketones is 1. The van der Waals surface area contributed by atoms with E-state index in [0.717, 1.165) is 33.6 Å². The summed E-state index contributed by atoms with van der Waals surface area (Å²) in [4.78, 5) is 66.6. The van der Waals surface area contributed by atoms with Crippen molar-refractivity contribution in [2.75, 3.05) is 33.9 Å². The maximum atomic E-state index is 16.2. The maximum Gasteiger partial charge on any atom is 0.389 e. The number of halogens is 6. The van der Waals surface area contributed by atoms with Gasteiger partial charge in [0.2, 0.25) is 17.7 Å². The van der Waals surface area contributed by atoms with Crippen molar-refractivity contribution < 1.29 is 46.2 Å². The van der Waals surface area contributed by atoms with Crippen molar-refractivity contribution in [1.82, 2.24) is 29.6 Å². The molecule has 0 radical (unpaired) electrons. The molecule has 3 amide bonds. The maximum absolute atomic E-state index is 16.2. The first kappa shape index (κ1) is 49.9. The second-order valence-electron chi connectivity index (χ2n) is 18.3. The third-order valence-electron chi connectivity index (χ3n) is 13.4. The SMILES string of the molecule is COC[C@@H]1CC(=O)[C@H](C)N(Cc2c(F)cc(Cl)cc2Oc2ccc(-c3cnc(CN(C)C4CCC4)n3C)cc2)C(=O)C[C@@H](CC(F)(F)F)C(=O)N2CCC[C@@](Cc3ccc(Cl)cc3)(C2)NC1=O. The van der Waals surface area contributed by atoms with Crippen LogP contribution in [0.2, 0.25) is 10.0 Å². The van der Waals surface area contributed by atoms with E-state index in [4.69, 9.17) is 32.7 Å². The quantitative estimate of drug-likeness (QED) is 0.132. The van der Waals surface area contributed by atoms with E-state index in [-0.39, 0.29) is 48.2 Å². The van der Waals surface area contributed by atoms with Gasteiger partial charge in [-0.05, 0) is 100 Å². The summed E-state index contributed by atoms with van der Waals surface area (Å²) >= 11 is 12.5. The molecular weight excluding hydrogens is 915 g/mol. The Hall–Kier alpha value is -5.03. The topological polar surface area (TPSA) is 126 Å². The lowest BCUT2D eigenvalue weighted by Crippen LogP contribution is -2.63. The largest absolute Gasteiger partial charge is 0.457 e. The number of hydrogen-bond donors (Lipinski definition) is 1. The summed E-state index contributed by atoms with van der Waals surface area (Å²) in [5, 5.41) is 3.51. The molecule has 3 heterocycles. The van der Waals surface area contributed by atoms with Crippen LogP contribution in [0, 0.1) is 17.7 Å². The summed E-state index contributed by atoms with van der Waals surface area (Å²) in [7, 11) is 5.41. The molecule has 1 N–H and O–H groups in total. The van der Waals surface area contributed by atoms with Crippen LogP contribution < -0.4 is 10.1 Å². The Bertz CT molecular complexity index is 2430. The number of methoxy groups -OCH3 is 1. The highest BCUT2D eigenvalue weighted by Gasteiger charge is 2.45. The molecule has 4 aromatic rings. The summed E-state index contributed by atoms with van der Waals surface area (Å²) in [6.07, 6.45) is -1.59. The second-order valence-corrected chi connectivity index (χ2v) is 19.2. The normalized spacial score (nSPS) is 22.5. The van der Waals surface area contributed by atoms with Gasteiger partial charge in [-0.15, -0.1) is 0 Å². The molecule has 4 atom stereocenters. The minimum absolute atomic E-state index is 0.0449. The number of alkyl halides is 3. The van der Waals surface area contributed by atoms with Crippen molar-refractivity contribution in [3.63, 3.8) is 0 Å². The average molecular weight is 972 g/mol. The lowest BCUT2D eigenvalue weighted by Gasteiger charge is -2.45. The predicted molar refractivity (Wildman–Crippen MR) is 245 cm³/mol.